The first-order valence-corrected chi connectivity index (χ1v) is 7.36. The Bertz CT molecular complexity index is 714. The van der Waals surface area contributed by atoms with Crippen molar-refractivity contribution in [3.8, 4) is 0 Å². The van der Waals surface area contributed by atoms with E-state index < -0.39 is 6.09 Å². The molecule has 23 heavy (non-hydrogen) atoms. The van der Waals surface area contributed by atoms with Crippen molar-refractivity contribution in [1.82, 2.24) is 9.88 Å². The number of carbonyl (C=O) groups excluding carboxylic acids is 2. The lowest BCUT2D eigenvalue weighted by Crippen LogP contribution is -2.39. The van der Waals surface area contributed by atoms with E-state index in [1.807, 2.05) is 36.4 Å². The van der Waals surface area contributed by atoms with Crippen molar-refractivity contribution in [2.75, 3.05) is 6.61 Å². The van der Waals surface area contributed by atoms with E-state index in [0.717, 1.165) is 11.1 Å². The molecule has 0 bridgehead atoms. The number of aromatic nitrogens is 1. The SMILES string of the molecule is O=C(C=Cc1cccnc1)N1C(=O)OC[C@@H]1Cc1ccccc1. The number of hydrogen-bond acceptors (Lipinski definition) is 4. The molecule has 1 aromatic carbocycles. The molecule has 0 radical (unpaired) electrons. The summed E-state index contributed by atoms with van der Waals surface area (Å²) in [5.74, 6) is -0.378. The summed E-state index contributed by atoms with van der Waals surface area (Å²) in [6.07, 6.45) is 6.31. The molecule has 2 aromatic rings. The highest BCUT2D eigenvalue weighted by Gasteiger charge is 2.36. The standard InChI is InChI=1S/C18H16N2O3/c21-17(9-8-15-7-4-10-19-12-15)20-16(13-23-18(20)22)11-14-5-2-1-3-6-14/h1-10,12,16H,11,13H2/t16-/m0/s1. The van der Waals surface area contributed by atoms with Crippen LogP contribution in [0.4, 0.5) is 4.79 Å². The maximum absolute atomic E-state index is 12.3. The number of hydrogen-bond donors (Lipinski definition) is 0. The van der Waals surface area contributed by atoms with Gasteiger partial charge in [0.2, 0.25) is 0 Å². The Morgan fingerprint density at radius 2 is 2.09 bits per heavy atom. The lowest BCUT2D eigenvalue weighted by molar-refractivity contribution is -0.124. The van der Waals surface area contributed by atoms with Gasteiger partial charge in [0.15, 0.2) is 0 Å². The van der Waals surface area contributed by atoms with Crippen LogP contribution in [0.3, 0.4) is 0 Å². The zero-order valence-electron chi connectivity index (χ0n) is 12.5. The topological polar surface area (TPSA) is 59.5 Å². The van der Waals surface area contributed by atoms with Gasteiger partial charge in [-0.1, -0.05) is 36.4 Å². The van der Waals surface area contributed by atoms with Crippen LogP contribution in [0.25, 0.3) is 6.08 Å². The molecule has 0 spiro atoms. The van der Waals surface area contributed by atoms with E-state index in [-0.39, 0.29) is 18.6 Å². The van der Waals surface area contributed by atoms with Crippen LogP contribution >= 0.6 is 0 Å². The highest BCUT2D eigenvalue weighted by atomic mass is 16.6. The summed E-state index contributed by atoms with van der Waals surface area (Å²) >= 11 is 0. The average molecular weight is 308 g/mol. The van der Waals surface area contributed by atoms with Gasteiger partial charge in [0.25, 0.3) is 5.91 Å². The molecule has 0 aliphatic carbocycles. The maximum Gasteiger partial charge on any atom is 0.417 e. The van der Waals surface area contributed by atoms with Crippen LogP contribution in [-0.2, 0) is 16.0 Å². The number of carbonyl (C=O) groups is 2. The summed E-state index contributed by atoms with van der Waals surface area (Å²) in [6, 6.07) is 13.1. The number of pyridine rings is 1. The first-order valence-electron chi connectivity index (χ1n) is 7.36. The molecule has 3 rings (SSSR count). The van der Waals surface area contributed by atoms with Gasteiger partial charge in [-0.25, -0.2) is 9.69 Å². The Morgan fingerprint density at radius 3 is 2.83 bits per heavy atom. The van der Waals surface area contributed by atoms with Crippen molar-refractivity contribution in [2.24, 2.45) is 0 Å². The van der Waals surface area contributed by atoms with Crippen LogP contribution in [-0.4, -0.2) is 34.5 Å². The molecule has 2 heterocycles. The van der Waals surface area contributed by atoms with Gasteiger partial charge in [0, 0.05) is 18.5 Å². The average Bonchev–Trinajstić information content (AvgIpc) is 2.95. The fraction of sp³-hybridized carbons (Fsp3) is 0.167. The van der Waals surface area contributed by atoms with Crippen molar-refractivity contribution in [2.45, 2.75) is 12.5 Å². The smallest absolute Gasteiger partial charge is 0.417 e. The minimum atomic E-state index is -0.591. The third-order valence-electron chi connectivity index (χ3n) is 3.62. The molecular formula is C18H16N2O3. The number of imide groups is 1. The fourth-order valence-electron chi connectivity index (χ4n) is 2.49. The second kappa shape index (κ2) is 6.87. The van der Waals surface area contributed by atoms with Crippen LogP contribution in [0.15, 0.2) is 60.9 Å². The normalized spacial score (nSPS) is 17.5. The van der Waals surface area contributed by atoms with E-state index in [1.165, 1.54) is 11.0 Å². The number of ether oxygens (including phenoxy) is 1. The van der Waals surface area contributed by atoms with Gasteiger partial charge in [-0.2, -0.15) is 0 Å². The Balaban J connectivity index is 1.72. The molecule has 2 amide bonds. The molecular weight excluding hydrogens is 292 g/mol. The van der Waals surface area contributed by atoms with Crippen LogP contribution < -0.4 is 0 Å². The van der Waals surface area contributed by atoms with Crippen molar-refractivity contribution >= 4 is 18.1 Å². The van der Waals surface area contributed by atoms with Crippen LogP contribution in [0.5, 0.6) is 0 Å². The minimum Gasteiger partial charge on any atom is -0.447 e. The van der Waals surface area contributed by atoms with Gasteiger partial charge in [0.05, 0.1) is 6.04 Å². The highest BCUT2D eigenvalue weighted by molar-refractivity contribution is 6.02. The summed E-state index contributed by atoms with van der Waals surface area (Å²) in [5, 5.41) is 0. The van der Waals surface area contributed by atoms with E-state index in [1.54, 1.807) is 24.5 Å². The zero-order chi connectivity index (χ0) is 16.1. The third-order valence-corrected chi connectivity index (χ3v) is 3.62. The molecule has 0 saturated carbocycles. The molecule has 0 N–H and O–H groups in total. The van der Waals surface area contributed by atoms with Gasteiger partial charge in [0.1, 0.15) is 6.61 Å². The molecule has 116 valence electrons. The zero-order valence-corrected chi connectivity index (χ0v) is 12.5. The summed E-state index contributed by atoms with van der Waals surface area (Å²) in [7, 11) is 0. The Hall–Kier alpha value is -2.95. The molecule has 0 unspecified atom stereocenters. The molecule has 5 heteroatoms. The van der Waals surface area contributed by atoms with Gasteiger partial charge < -0.3 is 4.74 Å². The highest BCUT2D eigenvalue weighted by Crippen LogP contribution is 2.18. The minimum absolute atomic E-state index is 0.222. The monoisotopic (exact) mass is 308 g/mol. The predicted molar refractivity (Wildman–Crippen MR) is 85.4 cm³/mol. The first kappa shape index (κ1) is 15.0. The van der Waals surface area contributed by atoms with E-state index >= 15 is 0 Å². The fourth-order valence-corrected chi connectivity index (χ4v) is 2.49. The van der Waals surface area contributed by atoms with E-state index in [2.05, 4.69) is 4.98 Å². The Kier molecular flexibility index (Phi) is 4.47. The van der Waals surface area contributed by atoms with Crippen molar-refractivity contribution in [3.05, 3.63) is 72.1 Å². The third kappa shape index (κ3) is 3.63. The molecule has 1 fully saturated rings. The van der Waals surface area contributed by atoms with Crippen molar-refractivity contribution in [3.63, 3.8) is 0 Å². The molecule has 1 aliphatic rings. The number of benzene rings is 1. The van der Waals surface area contributed by atoms with E-state index in [0.29, 0.717) is 6.42 Å². The van der Waals surface area contributed by atoms with Crippen LogP contribution in [0, 0.1) is 0 Å². The van der Waals surface area contributed by atoms with Crippen molar-refractivity contribution < 1.29 is 14.3 Å². The molecule has 5 nitrogen and oxygen atoms in total. The quantitative estimate of drug-likeness (QED) is 0.815. The van der Waals surface area contributed by atoms with E-state index in [9.17, 15) is 9.59 Å². The first-order chi connectivity index (χ1) is 11.2. The summed E-state index contributed by atoms with van der Waals surface area (Å²) < 4.78 is 5.04. The number of nitrogens with zero attached hydrogens (tertiary/aromatic N) is 2. The molecule has 1 aliphatic heterocycles. The van der Waals surface area contributed by atoms with Crippen molar-refractivity contribution in [1.29, 1.82) is 0 Å². The van der Waals surface area contributed by atoms with Gasteiger partial charge in [-0.15, -0.1) is 0 Å². The lowest BCUT2D eigenvalue weighted by Gasteiger charge is -2.18. The molecule has 1 aromatic heterocycles. The van der Waals surface area contributed by atoms with Gasteiger partial charge in [-0.05, 0) is 29.7 Å². The summed E-state index contributed by atoms with van der Waals surface area (Å²) in [6.45, 7) is 0.222. The number of rotatable bonds is 4. The lowest BCUT2D eigenvalue weighted by atomic mass is 10.1. The maximum atomic E-state index is 12.3. The second-order valence-corrected chi connectivity index (χ2v) is 5.25. The van der Waals surface area contributed by atoms with Gasteiger partial charge in [-0.3, -0.25) is 9.78 Å². The van der Waals surface area contributed by atoms with Crippen LogP contribution in [0.2, 0.25) is 0 Å². The predicted octanol–water partition coefficient (Wildman–Crippen LogP) is 2.68. The second-order valence-electron chi connectivity index (χ2n) is 5.25. The number of amides is 2. The largest absolute Gasteiger partial charge is 0.447 e. The van der Waals surface area contributed by atoms with Crippen LogP contribution in [0.1, 0.15) is 11.1 Å². The Morgan fingerprint density at radius 1 is 1.26 bits per heavy atom. The number of cyclic esters (lactones) is 1. The molecule has 1 atom stereocenters. The van der Waals surface area contributed by atoms with Gasteiger partial charge >= 0.3 is 6.09 Å². The Labute approximate surface area is 134 Å². The summed E-state index contributed by atoms with van der Waals surface area (Å²) in [5.41, 5.74) is 1.86. The molecule has 1 saturated heterocycles. The summed E-state index contributed by atoms with van der Waals surface area (Å²) in [4.78, 5) is 29.4. The van der Waals surface area contributed by atoms with E-state index in [4.69, 9.17) is 4.74 Å².